The van der Waals surface area contributed by atoms with Gasteiger partial charge >= 0.3 is 6.18 Å². The van der Waals surface area contributed by atoms with Gasteiger partial charge in [-0.3, -0.25) is 9.69 Å². The van der Waals surface area contributed by atoms with Gasteiger partial charge in [-0.05, 0) is 26.0 Å². The van der Waals surface area contributed by atoms with Gasteiger partial charge in [0.05, 0.1) is 11.6 Å². The van der Waals surface area contributed by atoms with Crippen LogP contribution < -0.4 is 5.73 Å². The minimum atomic E-state index is -4.43. The number of hydrogen-bond acceptors (Lipinski definition) is 5. The summed E-state index contributed by atoms with van der Waals surface area (Å²) in [6, 6.07) is 3.89. The largest absolute Gasteiger partial charge is 0.406 e. The molecule has 1 aliphatic heterocycles. The third-order valence-electron chi connectivity index (χ3n) is 4.31. The summed E-state index contributed by atoms with van der Waals surface area (Å²) < 4.78 is 39.5. The smallest absolute Gasteiger partial charge is 0.384 e. The highest BCUT2D eigenvalue weighted by molar-refractivity contribution is 5.94. The van der Waals surface area contributed by atoms with E-state index in [-0.39, 0.29) is 31.0 Å². The fraction of sp³-hybridized carbons (Fsp3) is 0.533. The van der Waals surface area contributed by atoms with E-state index in [1.165, 1.54) is 28.1 Å². The first-order valence-electron chi connectivity index (χ1n) is 7.32. The Hall–Kier alpha value is -2.34. The number of nitrogens with zero attached hydrogens (tertiary/aromatic N) is 4. The molecule has 0 unspecified atom stereocenters. The Bertz CT molecular complexity index is 651. The minimum Gasteiger partial charge on any atom is -0.384 e. The molecular weight excluding hydrogens is 323 g/mol. The zero-order valence-corrected chi connectivity index (χ0v) is 13.3. The Morgan fingerprint density at radius 1 is 1.38 bits per heavy atom. The predicted octanol–water partition coefficient (Wildman–Crippen LogP) is 1.65. The zero-order chi connectivity index (χ0) is 18.1. The van der Waals surface area contributed by atoms with Crippen LogP contribution in [0.15, 0.2) is 18.3 Å². The molecule has 24 heavy (non-hydrogen) atoms. The quantitative estimate of drug-likeness (QED) is 0.884. The third-order valence-corrected chi connectivity index (χ3v) is 4.31. The van der Waals surface area contributed by atoms with Crippen molar-refractivity contribution in [3.05, 3.63) is 23.9 Å². The van der Waals surface area contributed by atoms with Crippen LogP contribution in [0.2, 0.25) is 0 Å². The van der Waals surface area contributed by atoms with Crippen LogP contribution >= 0.6 is 0 Å². The van der Waals surface area contributed by atoms with E-state index >= 15 is 0 Å². The number of carbonyl (C=O) groups excluding carboxylic acids is 1. The molecule has 0 spiro atoms. The van der Waals surface area contributed by atoms with Gasteiger partial charge in [0, 0.05) is 25.8 Å². The molecule has 0 saturated carbocycles. The Kier molecular flexibility index (Phi) is 4.71. The molecule has 9 heteroatoms. The number of pyridine rings is 1. The van der Waals surface area contributed by atoms with Crippen LogP contribution in [0, 0.1) is 11.3 Å². The fourth-order valence-corrected chi connectivity index (χ4v) is 2.52. The lowest BCUT2D eigenvalue weighted by molar-refractivity contribution is -0.224. The molecule has 2 rings (SSSR count). The van der Waals surface area contributed by atoms with Crippen molar-refractivity contribution in [3.63, 3.8) is 0 Å². The van der Waals surface area contributed by atoms with Crippen molar-refractivity contribution in [3.8, 4) is 6.07 Å². The monoisotopic (exact) mass is 341 g/mol. The molecule has 6 nitrogen and oxygen atoms in total. The number of piperazine rings is 1. The highest BCUT2D eigenvalue weighted by Gasteiger charge is 2.53. The minimum absolute atomic E-state index is 0.0266. The molecule has 1 fully saturated rings. The molecule has 0 bridgehead atoms. The Morgan fingerprint density at radius 2 is 2.04 bits per heavy atom. The number of alkyl halides is 3. The number of halogens is 3. The molecule has 1 saturated heterocycles. The van der Waals surface area contributed by atoms with Crippen LogP contribution in [0.5, 0.6) is 0 Å². The molecule has 1 atom stereocenters. The Labute approximate surface area is 137 Å². The lowest BCUT2D eigenvalue weighted by Crippen LogP contribution is -2.64. The average Bonchev–Trinajstić information content (AvgIpc) is 2.53. The van der Waals surface area contributed by atoms with Crippen LogP contribution in [0.25, 0.3) is 0 Å². The van der Waals surface area contributed by atoms with E-state index in [9.17, 15) is 23.2 Å². The highest BCUT2D eigenvalue weighted by atomic mass is 19.4. The molecule has 2 heterocycles. The molecule has 130 valence electrons. The highest BCUT2D eigenvalue weighted by Crippen LogP contribution is 2.36. The summed E-state index contributed by atoms with van der Waals surface area (Å²) in [5, 5.41) is 9.30. The average molecular weight is 341 g/mol. The van der Waals surface area contributed by atoms with E-state index in [0.29, 0.717) is 0 Å². The van der Waals surface area contributed by atoms with Crippen molar-refractivity contribution < 1.29 is 18.0 Å². The van der Waals surface area contributed by atoms with E-state index in [2.05, 4.69) is 4.98 Å². The summed E-state index contributed by atoms with van der Waals surface area (Å²) in [4.78, 5) is 18.8. The molecule has 1 aliphatic rings. The van der Waals surface area contributed by atoms with E-state index in [1.54, 1.807) is 0 Å². The second kappa shape index (κ2) is 6.28. The van der Waals surface area contributed by atoms with Gasteiger partial charge in [0.25, 0.3) is 5.91 Å². The first-order valence-corrected chi connectivity index (χ1v) is 7.32. The van der Waals surface area contributed by atoms with Crippen LogP contribution in [-0.2, 0) is 0 Å². The Morgan fingerprint density at radius 3 is 2.54 bits per heavy atom. The first-order chi connectivity index (χ1) is 11.1. The van der Waals surface area contributed by atoms with Crippen molar-refractivity contribution in [2.45, 2.75) is 31.6 Å². The van der Waals surface area contributed by atoms with E-state index < -0.39 is 23.7 Å². The number of nitrogens with two attached hydrogens (primary N) is 1. The van der Waals surface area contributed by atoms with Crippen molar-refractivity contribution in [1.82, 2.24) is 14.8 Å². The number of carbonyl (C=O) groups is 1. The summed E-state index contributed by atoms with van der Waals surface area (Å²) in [7, 11) is 0. The summed E-state index contributed by atoms with van der Waals surface area (Å²) in [6.45, 7) is 2.03. The van der Waals surface area contributed by atoms with Crippen LogP contribution in [0.1, 0.15) is 24.2 Å². The van der Waals surface area contributed by atoms with Crippen molar-refractivity contribution in [2.24, 2.45) is 0 Å². The molecule has 0 aliphatic carbocycles. The number of anilines is 1. The van der Waals surface area contributed by atoms with Crippen molar-refractivity contribution in [1.29, 1.82) is 5.26 Å². The fourth-order valence-electron chi connectivity index (χ4n) is 2.52. The summed E-state index contributed by atoms with van der Waals surface area (Å²) in [5.74, 6) is -0.196. The third kappa shape index (κ3) is 3.28. The van der Waals surface area contributed by atoms with Gasteiger partial charge in [-0.1, -0.05) is 0 Å². The summed E-state index contributed by atoms with van der Waals surface area (Å²) in [5.41, 5.74) is 3.64. The summed E-state index contributed by atoms with van der Waals surface area (Å²) >= 11 is 0. The Balaban J connectivity index is 2.18. The van der Waals surface area contributed by atoms with Crippen molar-refractivity contribution >= 4 is 11.7 Å². The van der Waals surface area contributed by atoms with Gasteiger partial charge < -0.3 is 10.6 Å². The SMILES string of the molecule is CC(C)(N1CCN(C(=O)c2ccc(N)nc2)[C@H](C#N)C1)C(F)(F)F. The van der Waals surface area contributed by atoms with Crippen LogP contribution in [0.3, 0.4) is 0 Å². The second-order valence-corrected chi connectivity index (χ2v) is 6.12. The maximum atomic E-state index is 13.2. The molecule has 2 N–H and O–H groups in total. The number of nitriles is 1. The van der Waals surface area contributed by atoms with Gasteiger partial charge in [0.2, 0.25) is 0 Å². The molecule has 0 radical (unpaired) electrons. The van der Waals surface area contributed by atoms with Gasteiger partial charge in [-0.2, -0.15) is 18.4 Å². The molecule has 0 aromatic carbocycles. The van der Waals surface area contributed by atoms with Crippen LogP contribution in [0.4, 0.5) is 19.0 Å². The number of amides is 1. The lowest BCUT2D eigenvalue weighted by Gasteiger charge is -2.46. The second-order valence-electron chi connectivity index (χ2n) is 6.12. The number of nitrogen functional groups attached to an aromatic ring is 1. The van der Waals surface area contributed by atoms with Gasteiger partial charge in [0.1, 0.15) is 17.4 Å². The summed E-state index contributed by atoms with van der Waals surface area (Å²) in [6.07, 6.45) is -3.14. The van der Waals surface area contributed by atoms with E-state index in [4.69, 9.17) is 5.73 Å². The maximum Gasteiger partial charge on any atom is 0.406 e. The van der Waals surface area contributed by atoms with Crippen molar-refractivity contribution in [2.75, 3.05) is 25.4 Å². The standard InChI is InChI=1S/C15H18F3N5O/c1-14(2,15(16,17)18)22-5-6-23(11(7-19)9-22)13(24)10-3-4-12(20)21-8-10/h3-4,8,11H,5-6,9H2,1-2H3,(H2,20,21)/t11-/m1/s1. The van der Waals surface area contributed by atoms with Crippen LogP contribution in [-0.4, -0.2) is 58.1 Å². The number of rotatable bonds is 2. The molecule has 1 aromatic heterocycles. The van der Waals surface area contributed by atoms with E-state index in [1.807, 2.05) is 6.07 Å². The topological polar surface area (TPSA) is 86.2 Å². The predicted molar refractivity (Wildman–Crippen MR) is 80.8 cm³/mol. The van der Waals surface area contributed by atoms with Gasteiger partial charge in [-0.15, -0.1) is 0 Å². The van der Waals surface area contributed by atoms with Gasteiger partial charge in [-0.25, -0.2) is 4.98 Å². The number of aromatic nitrogens is 1. The molecule has 1 aromatic rings. The zero-order valence-electron chi connectivity index (χ0n) is 13.3. The molecular formula is C15H18F3N5O. The normalized spacial score (nSPS) is 19.8. The molecule has 1 amide bonds. The first kappa shape index (κ1) is 18.0. The maximum absolute atomic E-state index is 13.2. The lowest BCUT2D eigenvalue weighted by atomic mass is 9.98. The number of hydrogen-bond donors (Lipinski definition) is 1. The van der Waals surface area contributed by atoms with E-state index in [0.717, 1.165) is 13.8 Å². The van der Waals surface area contributed by atoms with Gasteiger partial charge in [0.15, 0.2) is 0 Å².